The van der Waals surface area contributed by atoms with Gasteiger partial charge in [-0.25, -0.2) is 21.6 Å². The third kappa shape index (κ3) is 5.86. The van der Waals surface area contributed by atoms with Gasteiger partial charge in [0.1, 0.15) is 0 Å². The predicted octanol–water partition coefficient (Wildman–Crippen LogP) is 2.01. The second kappa shape index (κ2) is 9.82. The van der Waals surface area contributed by atoms with E-state index in [4.69, 9.17) is 4.74 Å². The molecule has 0 radical (unpaired) electrons. The highest BCUT2D eigenvalue weighted by atomic mass is 32.2. The zero-order chi connectivity index (χ0) is 20.7. The lowest BCUT2D eigenvalue weighted by Crippen LogP contribution is -2.40. The predicted molar refractivity (Wildman–Crippen MR) is 111 cm³/mol. The fourth-order valence-electron chi connectivity index (χ4n) is 3.12. The Morgan fingerprint density at radius 2 is 1.45 bits per heavy atom. The minimum Gasteiger partial charge on any atom is -0.379 e. The number of ether oxygens (including phenoxy) is 1. The monoisotopic (exact) mass is 438 g/mol. The van der Waals surface area contributed by atoms with Crippen LogP contribution in [0.5, 0.6) is 0 Å². The summed E-state index contributed by atoms with van der Waals surface area (Å²) in [5.74, 6) is 0. The minimum atomic E-state index is -3.67. The van der Waals surface area contributed by atoms with E-state index in [0.717, 1.165) is 19.3 Å². The van der Waals surface area contributed by atoms with Crippen molar-refractivity contribution in [3.8, 4) is 0 Å². The first-order valence-electron chi connectivity index (χ1n) is 9.61. The van der Waals surface area contributed by atoms with Gasteiger partial charge < -0.3 is 4.74 Å². The Labute approximate surface area is 172 Å². The van der Waals surface area contributed by atoms with Crippen molar-refractivity contribution >= 4 is 20.0 Å². The lowest BCUT2D eigenvalue weighted by molar-refractivity contribution is 0.0730. The molecular weight excluding hydrogens is 412 g/mol. The fraction of sp³-hybridized carbons (Fsp3) is 0.400. The quantitative estimate of drug-likeness (QED) is 0.605. The Balaban J connectivity index is 1.54. The lowest BCUT2D eigenvalue weighted by Gasteiger charge is -2.26. The summed E-state index contributed by atoms with van der Waals surface area (Å²) in [6.45, 7) is 1.66. The normalized spacial score (nSPS) is 16.0. The van der Waals surface area contributed by atoms with Crippen molar-refractivity contribution in [1.29, 1.82) is 0 Å². The molecule has 1 saturated heterocycles. The van der Waals surface area contributed by atoms with Crippen molar-refractivity contribution in [3.05, 3.63) is 60.2 Å². The molecule has 1 fully saturated rings. The maximum absolute atomic E-state index is 12.6. The SMILES string of the molecule is O=S(=O)(NCCCCc1ccccc1)c1ccc(S(=O)(=O)N2CCOCC2)cc1. The van der Waals surface area contributed by atoms with Crippen molar-refractivity contribution in [2.45, 2.75) is 29.1 Å². The molecule has 0 amide bonds. The zero-order valence-electron chi connectivity index (χ0n) is 16.2. The van der Waals surface area contributed by atoms with Crippen LogP contribution in [0.15, 0.2) is 64.4 Å². The second-order valence-electron chi connectivity index (χ2n) is 6.83. The van der Waals surface area contributed by atoms with E-state index in [-0.39, 0.29) is 9.79 Å². The van der Waals surface area contributed by atoms with Crippen molar-refractivity contribution in [3.63, 3.8) is 0 Å². The first-order valence-corrected chi connectivity index (χ1v) is 12.5. The van der Waals surface area contributed by atoms with Gasteiger partial charge in [0.2, 0.25) is 20.0 Å². The van der Waals surface area contributed by atoms with Gasteiger partial charge in [-0.3, -0.25) is 0 Å². The van der Waals surface area contributed by atoms with Crippen LogP contribution in [0.25, 0.3) is 0 Å². The van der Waals surface area contributed by atoms with Crippen LogP contribution in [0.4, 0.5) is 0 Å². The summed E-state index contributed by atoms with van der Waals surface area (Å²) in [5, 5.41) is 0. The number of hydrogen-bond donors (Lipinski definition) is 1. The van der Waals surface area contributed by atoms with E-state index >= 15 is 0 Å². The molecule has 2 aromatic carbocycles. The average Bonchev–Trinajstić information content (AvgIpc) is 2.75. The molecule has 3 rings (SSSR count). The highest BCUT2D eigenvalue weighted by molar-refractivity contribution is 7.89. The van der Waals surface area contributed by atoms with Gasteiger partial charge in [0.05, 0.1) is 23.0 Å². The molecule has 0 saturated carbocycles. The van der Waals surface area contributed by atoms with Crippen LogP contribution in [0, 0.1) is 0 Å². The summed E-state index contributed by atoms with van der Waals surface area (Å²) in [7, 11) is -7.31. The molecule has 0 aromatic heterocycles. The first-order chi connectivity index (χ1) is 13.9. The molecule has 1 aliphatic rings. The molecule has 0 spiro atoms. The van der Waals surface area contributed by atoms with Gasteiger partial charge in [-0.05, 0) is 49.1 Å². The van der Waals surface area contributed by atoms with Gasteiger partial charge in [0, 0.05) is 19.6 Å². The Bertz CT molecular complexity index is 985. The number of hydrogen-bond acceptors (Lipinski definition) is 5. The summed E-state index contributed by atoms with van der Waals surface area (Å²) >= 11 is 0. The smallest absolute Gasteiger partial charge is 0.243 e. The van der Waals surface area contributed by atoms with E-state index < -0.39 is 20.0 Å². The van der Waals surface area contributed by atoms with Crippen molar-refractivity contribution in [1.82, 2.24) is 9.03 Å². The molecule has 7 nitrogen and oxygen atoms in total. The first kappa shape index (κ1) is 21.9. The molecule has 9 heteroatoms. The number of unbranched alkanes of at least 4 members (excludes halogenated alkanes) is 1. The molecule has 1 heterocycles. The van der Waals surface area contributed by atoms with E-state index in [9.17, 15) is 16.8 Å². The second-order valence-corrected chi connectivity index (χ2v) is 10.5. The summed E-state index contributed by atoms with van der Waals surface area (Å²) < 4.78 is 59.2. The maximum atomic E-state index is 12.6. The highest BCUT2D eigenvalue weighted by Crippen LogP contribution is 2.19. The maximum Gasteiger partial charge on any atom is 0.243 e. The van der Waals surface area contributed by atoms with Crippen LogP contribution in [0.3, 0.4) is 0 Å². The van der Waals surface area contributed by atoms with E-state index in [2.05, 4.69) is 16.9 Å². The van der Waals surface area contributed by atoms with Crippen LogP contribution >= 0.6 is 0 Å². The largest absolute Gasteiger partial charge is 0.379 e. The molecule has 1 aliphatic heterocycles. The third-order valence-corrected chi connectivity index (χ3v) is 8.16. The number of rotatable bonds is 9. The molecule has 0 aliphatic carbocycles. The Morgan fingerprint density at radius 1 is 0.828 bits per heavy atom. The minimum absolute atomic E-state index is 0.0569. The molecule has 158 valence electrons. The average molecular weight is 439 g/mol. The van der Waals surface area contributed by atoms with Gasteiger partial charge in [-0.1, -0.05) is 30.3 Å². The molecule has 1 N–H and O–H groups in total. The van der Waals surface area contributed by atoms with Crippen molar-refractivity contribution in [2.24, 2.45) is 0 Å². The molecule has 0 atom stereocenters. The Kier molecular flexibility index (Phi) is 7.42. The number of nitrogens with one attached hydrogen (secondary N) is 1. The van der Waals surface area contributed by atoms with Gasteiger partial charge in [-0.15, -0.1) is 0 Å². The summed E-state index contributed by atoms with van der Waals surface area (Å²) in [5.41, 5.74) is 1.23. The topological polar surface area (TPSA) is 92.8 Å². The van der Waals surface area contributed by atoms with Crippen LogP contribution in [-0.4, -0.2) is 54.0 Å². The number of benzene rings is 2. The molecule has 0 unspecified atom stereocenters. The van der Waals surface area contributed by atoms with Crippen LogP contribution in [-0.2, 0) is 31.2 Å². The molecule has 2 aromatic rings. The van der Waals surface area contributed by atoms with E-state index in [1.165, 1.54) is 34.1 Å². The molecular formula is C20H26N2O5S2. The summed E-state index contributed by atoms with van der Waals surface area (Å²) in [4.78, 5) is 0.141. The number of nitrogens with zero attached hydrogens (tertiary/aromatic N) is 1. The van der Waals surface area contributed by atoms with E-state index in [1.54, 1.807) is 0 Å². The number of morpholine rings is 1. The zero-order valence-corrected chi connectivity index (χ0v) is 17.8. The van der Waals surface area contributed by atoms with Gasteiger partial charge in [-0.2, -0.15) is 4.31 Å². The Hall–Kier alpha value is -1.78. The van der Waals surface area contributed by atoms with Gasteiger partial charge >= 0.3 is 0 Å². The van der Waals surface area contributed by atoms with Crippen molar-refractivity contribution in [2.75, 3.05) is 32.8 Å². The van der Waals surface area contributed by atoms with E-state index in [0.29, 0.717) is 32.8 Å². The van der Waals surface area contributed by atoms with Gasteiger partial charge in [0.25, 0.3) is 0 Å². The number of sulfonamides is 2. The summed E-state index contributed by atoms with van der Waals surface area (Å²) in [6, 6.07) is 15.4. The third-order valence-electron chi connectivity index (χ3n) is 4.77. The highest BCUT2D eigenvalue weighted by Gasteiger charge is 2.26. The van der Waals surface area contributed by atoms with E-state index in [1.807, 2.05) is 18.2 Å². The van der Waals surface area contributed by atoms with Crippen molar-refractivity contribution < 1.29 is 21.6 Å². The van der Waals surface area contributed by atoms with Crippen LogP contribution in [0.2, 0.25) is 0 Å². The lowest BCUT2D eigenvalue weighted by atomic mass is 10.1. The van der Waals surface area contributed by atoms with Crippen LogP contribution in [0.1, 0.15) is 18.4 Å². The summed E-state index contributed by atoms with van der Waals surface area (Å²) in [6.07, 6.45) is 2.50. The fourth-order valence-corrected chi connectivity index (χ4v) is 5.60. The van der Waals surface area contributed by atoms with Gasteiger partial charge in [0.15, 0.2) is 0 Å². The molecule has 0 bridgehead atoms. The number of aryl methyl sites for hydroxylation is 1. The standard InChI is InChI=1S/C20H26N2O5S2/c23-28(24,21-13-5-4-8-18-6-2-1-3-7-18)19-9-11-20(12-10-19)29(25,26)22-14-16-27-17-15-22/h1-3,6-7,9-12,21H,4-5,8,13-17H2. The molecule has 29 heavy (non-hydrogen) atoms. The Morgan fingerprint density at radius 3 is 2.10 bits per heavy atom. The van der Waals surface area contributed by atoms with Crippen LogP contribution < -0.4 is 4.72 Å².